The highest BCUT2D eigenvalue weighted by Gasteiger charge is 2.22. The largest absolute Gasteiger partial charge is 0.465 e. The molecule has 2 aromatic carbocycles. The van der Waals surface area contributed by atoms with Crippen molar-refractivity contribution in [1.82, 2.24) is 15.2 Å². The molecule has 3 aromatic rings. The molecule has 2 heterocycles. The average Bonchev–Trinajstić information content (AvgIpc) is 3.13. The van der Waals surface area contributed by atoms with Crippen LogP contribution in [0, 0.1) is 0 Å². The highest BCUT2D eigenvalue weighted by molar-refractivity contribution is 6.33. The van der Waals surface area contributed by atoms with Crippen molar-refractivity contribution in [3.8, 4) is 0 Å². The number of hydrogen-bond donors (Lipinski definition) is 1. The number of nitrogens with one attached hydrogen (secondary N) is 1. The lowest BCUT2D eigenvalue weighted by molar-refractivity contribution is 0.0601. The Morgan fingerprint density at radius 2 is 2.11 bits per heavy atom. The van der Waals surface area contributed by atoms with Crippen molar-refractivity contribution >= 4 is 40.7 Å². The number of fused-ring (bicyclic) bond motifs is 1. The van der Waals surface area contributed by atoms with Crippen LogP contribution in [0.25, 0.3) is 0 Å². The molecule has 1 aliphatic heterocycles. The first-order chi connectivity index (χ1) is 13.2. The van der Waals surface area contributed by atoms with Crippen molar-refractivity contribution in [2.45, 2.75) is 6.42 Å². The molecule has 136 valence electrons. The van der Waals surface area contributed by atoms with Crippen molar-refractivity contribution in [3.63, 3.8) is 0 Å². The Kier molecular flexibility index (Phi) is 4.60. The summed E-state index contributed by atoms with van der Waals surface area (Å²) in [7, 11) is 1.33. The third-order valence-electron chi connectivity index (χ3n) is 4.33. The van der Waals surface area contributed by atoms with E-state index in [0.717, 1.165) is 18.7 Å². The molecule has 0 unspecified atom stereocenters. The van der Waals surface area contributed by atoms with E-state index >= 15 is 0 Å². The lowest BCUT2D eigenvalue weighted by atomic mass is 10.2. The zero-order chi connectivity index (χ0) is 18.8. The number of rotatable bonds is 4. The SMILES string of the molecule is COC(=O)c1ccc(Cl)c(Nc2cnnc(N3CCc4ccccc43)n2)c1. The number of para-hydroxylation sites is 1. The van der Waals surface area contributed by atoms with Crippen molar-refractivity contribution in [2.75, 3.05) is 23.9 Å². The molecule has 1 N–H and O–H groups in total. The number of nitrogens with zero attached hydrogens (tertiary/aromatic N) is 4. The molecule has 7 nitrogen and oxygen atoms in total. The molecule has 27 heavy (non-hydrogen) atoms. The highest BCUT2D eigenvalue weighted by atomic mass is 35.5. The summed E-state index contributed by atoms with van der Waals surface area (Å²) >= 11 is 6.24. The number of ether oxygens (including phenoxy) is 1. The third-order valence-corrected chi connectivity index (χ3v) is 4.66. The first-order valence-corrected chi connectivity index (χ1v) is 8.73. The summed E-state index contributed by atoms with van der Waals surface area (Å²) in [5, 5.41) is 11.8. The molecule has 0 radical (unpaired) electrons. The van der Waals surface area contributed by atoms with Gasteiger partial charge in [0.25, 0.3) is 5.95 Å². The summed E-state index contributed by atoms with van der Waals surface area (Å²) in [5.41, 5.74) is 3.27. The van der Waals surface area contributed by atoms with Crippen LogP contribution >= 0.6 is 11.6 Å². The second-order valence-electron chi connectivity index (χ2n) is 5.98. The van der Waals surface area contributed by atoms with E-state index in [2.05, 4.69) is 26.6 Å². The van der Waals surface area contributed by atoms with Crippen LogP contribution in [0.1, 0.15) is 15.9 Å². The lowest BCUT2D eigenvalue weighted by Gasteiger charge is -2.17. The summed E-state index contributed by atoms with van der Waals surface area (Å²) < 4.78 is 4.75. The van der Waals surface area contributed by atoms with Crippen molar-refractivity contribution in [1.29, 1.82) is 0 Å². The normalized spacial score (nSPS) is 12.6. The smallest absolute Gasteiger partial charge is 0.337 e. The van der Waals surface area contributed by atoms with Crippen LogP contribution < -0.4 is 10.2 Å². The number of anilines is 4. The van der Waals surface area contributed by atoms with E-state index in [4.69, 9.17) is 16.3 Å². The van der Waals surface area contributed by atoms with Crippen molar-refractivity contribution in [3.05, 3.63) is 64.8 Å². The van der Waals surface area contributed by atoms with Gasteiger partial charge in [-0.2, -0.15) is 10.1 Å². The summed E-state index contributed by atoms with van der Waals surface area (Å²) in [6.07, 6.45) is 2.44. The summed E-state index contributed by atoms with van der Waals surface area (Å²) in [6, 6.07) is 13.0. The molecule has 0 atom stereocenters. The predicted molar refractivity (Wildman–Crippen MR) is 103 cm³/mol. The fraction of sp³-hybridized carbons (Fsp3) is 0.158. The Balaban J connectivity index is 1.62. The molecule has 0 bridgehead atoms. The molecule has 0 saturated heterocycles. The number of hydrogen-bond acceptors (Lipinski definition) is 7. The Labute approximate surface area is 161 Å². The van der Waals surface area contributed by atoms with Crippen LogP contribution in [-0.2, 0) is 11.2 Å². The minimum atomic E-state index is -0.440. The molecule has 1 aliphatic rings. The number of esters is 1. The van der Waals surface area contributed by atoms with E-state index in [1.54, 1.807) is 18.2 Å². The Morgan fingerprint density at radius 1 is 1.26 bits per heavy atom. The van der Waals surface area contributed by atoms with Gasteiger partial charge in [0, 0.05) is 12.2 Å². The van der Waals surface area contributed by atoms with Gasteiger partial charge >= 0.3 is 5.97 Å². The molecular weight excluding hydrogens is 366 g/mol. The van der Waals surface area contributed by atoms with Crippen molar-refractivity contribution < 1.29 is 9.53 Å². The summed E-state index contributed by atoms with van der Waals surface area (Å²) in [4.78, 5) is 18.3. The van der Waals surface area contributed by atoms with E-state index in [9.17, 15) is 4.79 Å². The van der Waals surface area contributed by atoms with Gasteiger partial charge in [-0.05, 0) is 36.2 Å². The predicted octanol–water partition coefficient (Wildman–Crippen LogP) is 3.75. The third kappa shape index (κ3) is 3.41. The maximum Gasteiger partial charge on any atom is 0.337 e. The second kappa shape index (κ2) is 7.20. The van der Waals surface area contributed by atoms with Crippen LogP contribution in [0.5, 0.6) is 0 Å². The highest BCUT2D eigenvalue weighted by Crippen LogP contribution is 2.33. The van der Waals surface area contributed by atoms with E-state index in [0.29, 0.717) is 28.0 Å². The van der Waals surface area contributed by atoms with E-state index < -0.39 is 5.97 Å². The van der Waals surface area contributed by atoms with Crippen LogP contribution in [-0.4, -0.2) is 34.8 Å². The lowest BCUT2D eigenvalue weighted by Crippen LogP contribution is -2.17. The minimum absolute atomic E-state index is 0.389. The van der Waals surface area contributed by atoms with Crippen molar-refractivity contribution in [2.24, 2.45) is 0 Å². The molecule has 8 heteroatoms. The zero-order valence-electron chi connectivity index (χ0n) is 14.5. The van der Waals surface area contributed by atoms with Gasteiger partial charge in [0.05, 0.1) is 29.6 Å². The van der Waals surface area contributed by atoms with E-state index in [1.807, 2.05) is 23.1 Å². The fourth-order valence-corrected chi connectivity index (χ4v) is 3.18. The second-order valence-corrected chi connectivity index (χ2v) is 6.39. The molecule has 1 aromatic heterocycles. The topological polar surface area (TPSA) is 80.2 Å². The van der Waals surface area contributed by atoms with Gasteiger partial charge < -0.3 is 15.0 Å². The van der Waals surface area contributed by atoms with Gasteiger partial charge in [-0.25, -0.2) is 4.79 Å². The van der Waals surface area contributed by atoms with Gasteiger partial charge in [0.15, 0.2) is 5.82 Å². The Hall–Kier alpha value is -3.19. The number of benzene rings is 2. The van der Waals surface area contributed by atoms with Gasteiger partial charge in [-0.15, -0.1) is 5.10 Å². The average molecular weight is 382 g/mol. The van der Waals surface area contributed by atoms with Crippen LogP contribution in [0.4, 0.5) is 23.1 Å². The molecule has 0 amide bonds. The molecular formula is C19H16ClN5O2. The number of methoxy groups -OCH3 is 1. The molecule has 0 spiro atoms. The molecule has 4 rings (SSSR count). The Bertz CT molecular complexity index is 1010. The van der Waals surface area contributed by atoms with Crippen LogP contribution in [0.3, 0.4) is 0 Å². The van der Waals surface area contributed by atoms with Crippen LogP contribution in [0.2, 0.25) is 5.02 Å². The maximum absolute atomic E-state index is 11.7. The fourth-order valence-electron chi connectivity index (χ4n) is 3.02. The van der Waals surface area contributed by atoms with Crippen LogP contribution in [0.15, 0.2) is 48.7 Å². The Morgan fingerprint density at radius 3 is 2.96 bits per heavy atom. The van der Waals surface area contributed by atoms with E-state index in [-0.39, 0.29) is 0 Å². The number of carbonyl (C=O) groups excluding carboxylic acids is 1. The van der Waals surface area contributed by atoms with Gasteiger partial charge in [-0.3, -0.25) is 0 Å². The first-order valence-electron chi connectivity index (χ1n) is 8.36. The van der Waals surface area contributed by atoms with Gasteiger partial charge in [0.2, 0.25) is 0 Å². The zero-order valence-corrected chi connectivity index (χ0v) is 15.3. The monoisotopic (exact) mass is 381 g/mol. The van der Waals surface area contributed by atoms with Gasteiger partial charge in [0.1, 0.15) is 0 Å². The first kappa shape index (κ1) is 17.2. The van der Waals surface area contributed by atoms with E-state index in [1.165, 1.54) is 18.9 Å². The standard InChI is InChI=1S/C19H16ClN5O2/c1-27-18(26)13-6-7-14(20)15(10-13)22-17-11-21-24-19(23-17)25-9-8-12-4-2-3-5-16(12)25/h2-7,10-11H,8-9H2,1H3,(H,22,23,24). The molecule has 0 fully saturated rings. The number of halogens is 1. The number of carbonyl (C=O) groups is 1. The quantitative estimate of drug-likeness (QED) is 0.689. The number of aromatic nitrogens is 3. The molecule has 0 saturated carbocycles. The summed E-state index contributed by atoms with van der Waals surface area (Å²) in [6.45, 7) is 0.795. The minimum Gasteiger partial charge on any atom is -0.465 e. The summed E-state index contributed by atoms with van der Waals surface area (Å²) in [5.74, 6) is 0.545. The van der Waals surface area contributed by atoms with Gasteiger partial charge in [-0.1, -0.05) is 29.8 Å². The maximum atomic E-state index is 11.7. The molecule has 0 aliphatic carbocycles.